The first-order chi connectivity index (χ1) is 15.7. The van der Waals surface area contributed by atoms with Crippen molar-refractivity contribution in [3.05, 3.63) is 0 Å². The maximum atomic E-state index is 12.9. The highest BCUT2D eigenvalue weighted by Gasteiger charge is 2.32. The molecule has 1 aliphatic rings. The molecule has 1 rings (SSSR count). The first-order valence-electron chi connectivity index (χ1n) is 11.0. The van der Waals surface area contributed by atoms with E-state index in [1.165, 1.54) is 11.8 Å². The van der Waals surface area contributed by atoms with E-state index in [4.69, 9.17) is 11.5 Å². The van der Waals surface area contributed by atoms with Gasteiger partial charge < -0.3 is 37.8 Å². The van der Waals surface area contributed by atoms with Crippen molar-refractivity contribution >= 4 is 41.4 Å². The van der Waals surface area contributed by atoms with Crippen molar-refractivity contribution in [1.29, 1.82) is 0 Å². The quantitative estimate of drug-likeness (QED) is 0.120. The number of carbonyl (C=O) groups excluding carboxylic acids is 4. The summed E-state index contributed by atoms with van der Waals surface area (Å²) in [6.45, 7) is 1.07. The van der Waals surface area contributed by atoms with Crippen molar-refractivity contribution in [2.75, 3.05) is 25.1 Å². The van der Waals surface area contributed by atoms with Gasteiger partial charge in [-0.05, 0) is 63.6 Å². The fraction of sp³-hybridized carbons (Fsp3) is 0.750. The van der Waals surface area contributed by atoms with Crippen LogP contribution < -0.4 is 32.7 Å². The number of amides is 4. The van der Waals surface area contributed by atoms with Crippen molar-refractivity contribution in [3.8, 4) is 0 Å². The number of hydrogen-bond donors (Lipinski definition) is 7. The predicted octanol–water partition coefficient (Wildman–Crippen LogP) is -1.97. The van der Waals surface area contributed by atoms with Crippen LogP contribution >= 0.6 is 11.8 Å². The maximum Gasteiger partial charge on any atom is 0.326 e. The topological polar surface area (TPSA) is 206 Å². The molecule has 9 N–H and O–H groups in total. The van der Waals surface area contributed by atoms with Gasteiger partial charge in [-0.15, -0.1) is 0 Å². The van der Waals surface area contributed by atoms with Crippen LogP contribution in [0.1, 0.15) is 44.9 Å². The van der Waals surface area contributed by atoms with E-state index in [1.54, 1.807) is 0 Å². The number of nitrogens with two attached hydrogens (primary N) is 2. The first-order valence-corrected chi connectivity index (χ1v) is 12.4. The summed E-state index contributed by atoms with van der Waals surface area (Å²) in [5, 5.41) is 19.9. The number of thioether (sulfide) groups is 1. The SMILES string of the molecule is CSCCC(NC(=O)C(CCCCN)NC(=O)C(CC(N)=O)NC(=O)C1CCCN1)C(=O)O. The largest absolute Gasteiger partial charge is 0.480 e. The number of primary amides is 1. The van der Waals surface area contributed by atoms with Crippen molar-refractivity contribution in [1.82, 2.24) is 21.3 Å². The molecule has 4 unspecified atom stereocenters. The summed E-state index contributed by atoms with van der Waals surface area (Å²) in [5.41, 5.74) is 10.8. The van der Waals surface area contributed by atoms with Crippen LogP contribution in [0.5, 0.6) is 0 Å². The molecule has 1 heterocycles. The van der Waals surface area contributed by atoms with Gasteiger partial charge in [0, 0.05) is 0 Å². The number of nitrogens with one attached hydrogen (secondary N) is 4. The highest BCUT2D eigenvalue weighted by Crippen LogP contribution is 2.08. The maximum absolute atomic E-state index is 12.9. The minimum Gasteiger partial charge on any atom is -0.480 e. The minimum atomic E-state index is -1.26. The molecule has 188 valence electrons. The number of aliphatic carboxylic acids is 1. The Morgan fingerprint density at radius 1 is 1.03 bits per heavy atom. The van der Waals surface area contributed by atoms with E-state index in [0.717, 1.165) is 6.42 Å². The Bertz CT molecular complexity index is 688. The van der Waals surface area contributed by atoms with Crippen LogP contribution in [0.3, 0.4) is 0 Å². The van der Waals surface area contributed by atoms with Crippen LogP contribution in [0.15, 0.2) is 0 Å². The Labute approximate surface area is 197 Å². The number of hydrogen-bond acceptors (Lipinski definition) is 8. The van der Waals surface area contributed by atoms with Crippen LogP contribution in [-0.2, 0) is 24.0 Å². The fourth-order valence-corrected chi connectivity index (χ4v) is 3.86. The van der Waals surface area contributed by atoms with Gasteiger partial charge in [-0.2, -0.15) is 11.8 Å². The normalized spacial score (nSPS) is 18.1. The molecule has 0 aromatic rings. The zero-order valence-electron chi connectivity index (χ0n) is 18.9. The van der Waals surface area contributed by atoms with Crippen LogP contribution in [0.4, 0.5) is 0 Å². The Balaban J connectivity index is 2.90. The van der Waals surface area contributed by atoms with Gasteiger partial charge in [0.15, 0.2) is 0 Å². The standard InChI is InChI=1S/C20H36N6O6S/c1-33-10-7-14(20(31)32)25-18(29)13(5-2-3-8-21)24-19(30)15(11-16(22)27)26-17(28)12-6-4-9-23-12/h12-15,23H,2-11,21H2,1H3,(H2,22,27)(H,24,30)(H,25,29)(H,26,28)(H,31,32). The molecule has 13 heteroatoms. The lowest BCUT2D eigenvalue weighted by Crippen LogP contribution is -2.57. The first kappa shape index (κ1) is 28.7. The molecule has 0 saturated carbocycles. The van der Waals surface area contributed by atoms with Gasteiger partial charge >= 0.3 is 5.97 Å². The second-order valence-electron chi connectivity index (χ2n) is 7.91. The average Bonchev–Trinajstić information content (AvgIpc) is 3.30. The smallest absolute Gasteiger partial charge is 0.326 e. The molecule has 1 saturated heterocycles. The molecule has 1 fully saturated rings. The van der Waals surface area contributed by atoms with Crippen molar-refractivity contribution in [3.63, 3.8) is 0 Å². The number of carboxylic acid groups (broad SMARTS) is 1. The molecule has 4 atom stereocenters. The summed E-state index contributed by atoms with van der Waals surface area (Å²) in [6, 6.07) is -3.89. The molecule has 0 aromatic heterocycles. The summed E-state index contributed by atoms with van der Waals surface area (Å²) >= 11 is 1.45. The van der Waals surface area contributed by atoms with Gasteiger partial charge in [-0.25, -0.2) is 4.79 Å². The molecule has 0 aromatic carbocycles. The van der Waals surface area contributed by atoms with Gasteiger partial charge in [0.2, 0.25) is 23.6 Å². The Hall–Kier alpha value is -2.38. The Kier molecular flexibility index (Phi) is 13.4. The molecule has 0 bridgehead atoms. The van der Waals surface area contributed by atoms with E-state index in [2.05, 4.69) is 21.3 Å². The molecular weight excluding hydrogens is 452 g/mol. The molecule has 4 amide bonds. The third-order valence-electron chi connectivity index (χ3n) is 5.22. The van der Waals surface area contributed by atoms with Gasteiger partial charge in [-0.3, -0.25) is 19.2 Å². The lowest BCUT2D eigenvalue weighted by Gasteiger charge is -2.25. The zero-order valence-corrected chi connectivity index (χ0v) is 19.7. The van der Waals surface area contributed by atoms with E-state index >= 15 is 0 Å². The number of carbonyl (C=O) groups is 5. The minimum absolute atomic E-state index is 0.213. The fourth-order valence-electron chi connectivity index (χ4n) is 3.39. The summed E-state index contributed by atoms with van der Waals surface area (Å²) in [7, 11) is 0. The number of carboxylic acids is 1. The van der Waals surface area contributed by atoms with E-state index in [-0.39, 0.29) is 12.8 Å². The lowest BCUT2D eigenvalue weighted by molar-refractivity contribution is -0.142. The van der Waals surface area contributed by atoms with Crippen molar-refractivity contribution in [2.24, 2.45) is 11.5 Å². The van der Waals surface area contributed by atoms with E-state index in [9.17, 15) is 29.1 Å². The molecule has 33 heavy (non-hydrogen) atoms. The summed E-state index contributed by atoms with van der Waals surface area (Å²) in [5.74, 6) is -3.27. The van der Waals surface area contributed by atoms with E-state index in [0.29, 0.717) is 38.1 Å². The van der Waals surface area contributed by atoms with Crippen LogP contribution in [0, 0.1) is 0 Å². The third-order valence-corrected chi connectivity index (χ3v) is 5.86. The van der Waals surface area contributed by atoms with Crippen LogP contribution in [0.2, 0.25) is 0 Å². The van der Waals surface area contributed by atoms with Crippen LogP contribution in [0.25, 0.3) is 0 Å². The van der Waals surface area contributed by atoms with E-state index in [1.807, 2.05) is 6.26 Å². The Morgan fingerprint density at radius 2 is 1.70 bits per heavy atom. The average molecular weight is 489 g/mol. The van der Waals surface area contributed by atoms with Gasteiger partial charge in [-0.1, -0.05) is 0 Å². The number of unbranched alkanes of at least 4 members (excludes halogenated alkanes) is 1. The number of rotatable bonds is 16. The lowest BCUT2D eigenvalue weighted by atomic mass is 10.1. The summed E-state index contributed by atoms with van der Waals surface area (Å²) < 4.78 is 0. The summed E-state index contributed by atoms with van der Waals surface area (Å²) in [4.78, 5) is 61.1. The van der Waals surface area contributed by atoms with Gasteiger partial charge in [0.1, 0.15) is 18.1 Å². The van der Waals surface area contributed by atoms with E-state index < -0.39 is 60.2 Å². The molecule has 12 nitrogen and oxygen atoms in total. The molecule has 0 radical (unpaired) electrons. The molecular formula is C20H36N6O6S. The molecule has 1 aliphatic heterocycles. The van der Waals surface area contributed by atoms with Crippen LogP contribution in [-0.4, -0.2) is 84.0 Å². The highest BCUT2D eigenvalue weighted by atomic mass is 32.2. The Morgan fingerprint density at radius 3 is 2.24 bits per heavy atom. The zero-order chi connectivity index (χ0) is 24.8. The highest BCUT2D eigenvalue weighted by molar-refractivity contribution is 7.98. The van der Waals surface area contributed by atoms with Crippen molar-refractivity contribution in [2.45, 2.75) is 69.1 Å². The second kappa shape index (κ2) is 15.5. The molecule has 0 aliphatic carbocycles. The second-order valence-corrected chi connectivity index (χ2v) is 8.89. The summed E-state index contributed by atoms with van der Waals surface area (Å²) in [6.07, 6.45) is 4.35. The molecule has 0 spiro atoms. The van der Waals surface area contributed by atoms with Gasteiger partial charge in [0.05, 0.1) is 12.5 Å². The predicted molar refractivity (Wildman–Crippen MR) is 124 cm³/mol. The van der Waals surface area contributed by atoms with Gasteiger partial charge in [0.25, 0.3) is 0 Å². The monoisotopic (exact) mass is 488 g/mol. The van der Waals surface area contributed by atoms with Crippen molar-refractivity contribution < 1.29 is 29.1 Å². The third kappa shape index (κ3) is 10.9.